The van der Waals surface area contributed by atoms with Gasteiger partial charge in [-0.25, -0.2) is 8.42 Å². The summed E-state index contributed by atoms with van der Waals surface area (Å²) in [6.45, 7) is -0.0633. The third-order valence-corrected chi connectivity index (χ3v) is 6.52. The molecule has 0 radical (unpaired) electrons. The highest BCUT2D eigenvalue weighted by molar-refractivity contribution is 7.89. The molecule has 2 aromatic carbocycles. The molecule has 0 aliphatic carbocycles. The summed E-state index contributed by atoms with van der Waals surface area (Å²) in [5, 5.41) is 2.63. The summed E-state index contributed by atoms with van der Waals surface area (Å²) in [6.07, 6.45) is 2.51. The van der Waals surface area contributed by atoms with Gasteiger partial charge in [0.2, 0.25) is 15.9 Å². The van der Waals surface area contributed by atoms with Crippen LogP contribution in [0.5, 0.6) is 5.75 Å². The van der Waals surface area contributed by atoms with Crippen molar-refractivity contribution in [3.63, 3.8) is 0 Å². The minimum absolute atomic E-state index is 0.0590. The van der Waals surface area contributed by atoms with E-state index >= 15 is 0 Å². The minimum Gasteiger partial charge on any atom is -0.434 e. The maximum atomic E-state index is 12.8. The highest BCUT2D eigenvalue weighted by atomic mass is 32.2. The molecule has 1 aliphatic heterocycles. The number of carbonyl (C=O) groups is 1. The molecular formula is C21H22F2N2O5S. The quantitative estimate of drug-likeness (QED) is 0.652. The van der Waals surface area contributed by atoms with Gasteiger partial charge < -0.3 is 14.8 Å². The zero-order valence-corrected chi connectivity index (χ0v) is 17.6. The average molecular weight is 452 g/mol. The van der Waals surface area contributed by atoms with Crippen LogP contribution in [0.4, 0.5) is 14.5 Å². The second kappa shape index (κ2) is 9.99. The molecule has 10 heteroatoms. The first kappa shape index (κ1) is 22.9. The van der Waals surface area contributed by atoms with Crippen LogP contribution in [0.3, 0.4) is 0 Å². The molecule has 1 fully saturated rings. The molecule has 0 unspecified atom stereocenters. The zero-order valence-electron chi connectivity index (χ0n) is 16.8. The number of nitrogens with zero attached hydrogens (tertiary/aromatic N) is 1. The number of anilines is 1. The standard InChI is InChI=1S/C21H22F2N2O5S/c1-15-6-8-17(31(27,28)25-10-12-29-13-11-25)14-18(15)24-20(26)9-7-16-4-2-3-5-19(16)30-21(22)23/h2-9,14,21H,10-13H2,1H3,(H,24,26)/b9-7+. The van der Waals surface area contributed by atoms with Crippen LogP contribution < -0.4 is 10.1 Å². The normalized spacial score (nSPS) is 15.4. The van der Waals surface area contributed by atoms with E-state index in [2.05, 4.69) is 10.1 Å². The van der Waals surface area contributed by atoms with Crippen molar-refractivity contribution in [1.29, 1.82) is 0 Å². The van der Waals surface area contributed by atoms with Gasteiger partial charge in [0.1, 0.15) is 5.75 Å². The van der Waals surface area contributed by atoms with Gasteiger partial charge in [-0.1, -0.05) is 24.3 Å². The summed E-state index contributed by atoms with van der Waals surface area (Å²) < 4.78 is 61.7. The van der Waals surface area contributed by atoms with Gasteiger partial charge in [0.05, 0.1) is 18.1 Å². The molecular weight excluding hydrogens is 430 g/mol. The van der Waals surface area contributed by atoms with Crippen LogP contribution >= 0.6 is 0 Å². The Hall–Kier alpha value is -2.82. The highest BCUT2D eigenvalue weighted by Crippen LogP contribution is 2.24. The summed E-state index contributed by atoms with van der Waals surface area (Å²) in [4.78, 5) is 12.4. The van der Waals surface area contributed by atoms with Crippen LogP contribution in [-0.4, -0.2) is 51.5 Å². The number of hydrogen-bond donors (Lipinski definition) is 1. The number of hydrogen-bond acceptors (Lipinski definition) is 5. The van der Waals surface area contributed by atoms with E-state index < -0.39 is 22.5 Å². The van der Waals surface area contributed by atoms with Crippen molar-refractivity contribution in [2.75, 3.05) is 31.6 Å². The maximum absolute atomic E-state index is 12.8. The lowest BCUT2D eigenvalue weighted by Crippen LogP contribution is -2.40. The van der Waals surface area contributed by atoms with E-state index in [0.29, 0.717) is 30.0 Å². The fourth-order valence-electron chi connectivity index (χ4n) is 2.99. The van der Waals surface area contributed by atoms with Crippen molar-refractivity contribution in [3.8, 4) is 5.75 Å². The van der Waals surface area contributed by atoms with Crippen LogP contribution in [0.2, 0.25) is 0 Å². The Balaban J connectivity index is 1.76. The third-order valence-electron chi connectivity index (χ3n) is 4.62. The Bertz CT molecular complexity index is 1070. The van der Waals surface area contributed by atoms with E-state index in [-0.39, 0.29) is 23.7 Å². The Morgan fingerprint density at radius 2 is 1.90 bits per heavy atom. The van der Waals surface area contributed by atoms with Crippen LogP contribution in [0.15, 0.2) is 53.4 Å². The lowest BCUT2D eigenvalue weighted by atomic mass is 10.1. The summed E-state index contributed by atoms with van der Waals surface area (Å²) in [6, 6.07) is 10.6. The van der Waals surface area contributed by atoms with E-state index in [9.17, 15) is 22.0 Å². The number of sulfonamides is 1. The molecule has 1 saturated heterocycles. The zero-order chi connectivity index (χ0) is 22.4. The van der Waals surface area contributed by atoms with Crippen molar-refractivity contribution in [3.05, 3.63) is 59.7 Å². The topological polar surface area (TPSA) is 84.9 Å². The van der Waals surface area contributed by atoms with Gasteiger partial charge in [-0.15, -0.1) is 0 Å². The molecule has 1 amide bonds. The van der Waals surface area contributed by atoms with Crippen LogP contribution in [0.25, 0.3) is 6.08 Å². The van der Waals surface area contributed by atoms with Crippen molar-refractivity contribution < 1.29 is 31.5 Å². The Kier molecular flexibility index (Phi) is 7.37. The van der Waals surface area contributed by atoms with Gasteiger partial charge in [0.25, 0.3) is 0 Å². The van der Waals surface area contributed by atoms with Gasteiger partial charge in [-0.2, -0.15) is 13.1 Å². The van der Waals surface area contributed by atoms with Crippen molar-refractivity contribution in [2.24, 2.45) is 0 Å². The number of para-hydroxylation sites is 1. The van der Waals surface area contributed by atoms with E-state index in [1.165, 1.54) is 34.6 Å². The lowest BCUT2D eigenvalue weighted by molar-refractivity contribution is -0.111. The summed E-state index contributed by atoms with van der Waals surface area (Å²) in [5.41, 5.74) is 1.31. The molecule has 3 rings (SSSR count). The number of benzene rings is 2. The van der Waals surface area contributed by atoms with Crippen molar-refractivity contribution >= 4 is 27.7 Å². The number of alkyl halides is 2. The molecule has 0 aromatic heterocycles. The third kappa shape index (κ3) is 5.87. The number of nitrogens with one attached hydrogen (secondary N) is 1. The first-order valence-corrected chi connectivity index (χ1v) is 10.9. The molecule has 0 saturated carbocycles. The number of morpholine rings is 1. The van der Waals surface area contributed by atoms with Crippen LogP contribution in [-0.2, 0) is 19.6 Å². The Morgan fingerprint density at radius 1 is 1.19 bits per heavy atom. The SMILES string of the molecule is Cc1ccc(S(=O)(=O)N2CCOCC2)cc1NC(=O)/C=C/c1ccccc1OC(F)F. The molecule has 7 nitrogen and oxygen atoms in total. The molecule has 0 atom stereocenters. The second-order valence-corrected chi connectivity index (χ2v) is 8.67. The van der Waals surface area contributed by atoms with Crippen LogP contribution in [0, 0.1) is 6.92 Å². The molecule has 1 heterocycles. The van der Waals surface area contributed by atoms with E-state index in [4.69, 9.17) is 4.74 Å². The molecule has 166 valence electrons. The fourth-order valence-corrected chi connectivity index (χ4v) is 4.43. The molecule has 2 aromatic rings. The van der Waals surface area contributed by atoms with Gasteiger partial charge in [0, 0.05) is 30.4 Å². The molecule has 0 spiro atoms. The van der Waals surface area contributed by atoms with Gasteiger partial charge in [0.15, 0.2) is 0 Å². The average Bonchev–Trinajstić information content (AvgIpc) is 2.75. The molecule has 0 bridgehead atoms. The van der Waals surface area contributed by atoms with E-state index in [1.54, 1.807) is 25.1 Å². The summed E-state index contributed by atoms with van der Waals surface area (Å²) >= 11 is 0. The Morgan fingerprint density at radius 3 is 2.61 bits per heavy atom. The van der Waals surface area contributed by atoms with Gasteiger partial charge in [-0.05, 0) is 36.8 Å². The summed E-state index contributed by atoms with van der Waals surface area (Å²) in [5.74, 6) is -0.604. The first-order valence-electron chi connectivity index (χ1n) is 9.49. The number of ether oxygens (including phenoxy) is 2. The predicted molar refractivity (Wildman–Crippen MR) is 111 cm³/mol. The molecule has 1 N–H and O–H groups in total. The van der Waals surface area contributed by atoms with Crippen molar-refractivity contribution in [2.45, 2.75) is 18.4 Å². The first-order chi connectivity index (χ1) is 14.8. The second-order valence-electron chi connectivity index (χ2n) is 6.73. The van der Waals surface area contributed by atoms with Crippen molar-refractivity contribution in [1.82, 2.24) is 4.31 Å². The number of rotatable bonds is 7. The number of aryl methyl sites for hydroxylation is 1. The van der Waals surface area contributed by atoms with E-state index in [1.807, 2.05) is 0 Å². The fraction of sp³-hybridized carbons (Fsp3) is 0.286. The lowest BCUT2D eigenvalue weighted by Gasteiger charge is -2.26. The molecule has 31 heavy (non-hydrogen) atoms. The smallest absolute Gasteiger partial charge is 0.387 e. The van der Waals surface area contributed by atoms with Crippen LogP contribution in [0.1, 0.15) is 11.1 Å². The number of halogens is 2. The highest BCUT2D eigenvalue weighted by Gasteiger charge is 2.26. The van der Waals surface area contributed by atoms with Gasteiger partial charge in [-0.3, -0.25) is 4.79 Å². The predicted octanol–water partition coefficient (Wildman–Crippen LogP) is 3.27. The maximum Gasteiger partial charge on any atom is 0.387 e. The molecule has 1 aliphatic rings. The van der Waals surface area contributed by atoms with Gasteiger partial charge >= 0.3 is 6.61 Å². The van der Waals surface area contributed by atoms with E-state index in [0.717, 1.165) is 6.08 Å². The Labute approximate surface area is 179 Å². The monoisotopic (exact) mass is 452 g/mol. The minimum atomic E-state index is -3.71. The summed E-state index contributed by atoms with van der Waals surface area (Å²) in [7, 11) is -3.71. The largest absolute Gasteiger partial charge is 0.434 e. The number of carbonyl (C=O) groups excluding carboxylic acids is 1. The number of amides is 1.